The first-order valence-electron chi connectivity index (χ1n) is 11.7. The number of amides is 2. The van der Waals surface area contributed by atoms with Gasteiger partial charge < -0.3 is 19.8 Å². The molecule has 0 saturated carbocycles. The Morgan fingerprint density at radius 1 is 1.08 bits per heavy atom. The molecular weight excluding hydrogens is 458 g/mol. The molecule has 4 aromatic rings. The molecule has 0 unspecified atom stereocenters. The van der Waals surface area contributed by atoms with E-state index in [4.69, 9.17) is 14.1 Å². The number of aliphatic imine (C=N–C) groups is 1. The highest BCUT2D eigenvalue weighted by Gasteiger charge is 2.34. The molecular formula is C27H23N5O4. The lowest BCUT2D eigenvalue weighted by Crippen LogP contribution is -2.42. The molecule has 9 nitrogen and oxygen atoms in total. The first-order valence-corrected chi connectivity index (χ1v) is 11.7. The minimum Gasteiger partial charge on any atom is -0.474 e. The summed E-state index contributed by atoms with van der Waals surface area (Å²) in [5.41, 5.74) is 4.15. The molecule has 2 N–H and O–H groups in total. The van der Waals surface area contributed by atoms with Crippen molar-refractivity contribution in [2.45, 2.75) is 32.2 Å². The molecule has 0 saturated heterocycles. The quantitative estimate of drug-likeness (QED) is 0.460. The van der Waals surface area contributed by atoms with Crippen LogP contribution in [0.1, 0.15) is 34.8 Å². The molecule has 9 heteroatoms. The summed E-state index contributed by atoms with van der Waals surface area (Å²) in [6, 6.07) is 18.7. The highest BCUT2D eigenvalue weighted by molar-refractivity contribution is 6.20. The Hall–Kier alpha value is -4.66. The molecule has 0 fully saturated rings. The third-order valence-electron chi connectivity index (χ3n) is 6.25. The van der Waals surface area contributed by atoms with Crippen LogP contribution in [0.5, 0.6) is 5.88 Å². The van der Waals surface area contributed by atoms with Crippen LogP contribution >= 0.6 is 0 Å². The highest BCUT2D eigenvalue weighted by Crippen LogP contribution is 2.34. The minimum absolute atomic E-state index is 0.0728. The fourth-order valence-electron chi connectivity index (χ4n) is 4.45. The van der Waals surface area contributed by atoms with E-state index in [1.807, 2.05) is 61.5 Å². The number of benzene rings is 2. The molecule has 2 amide bonds. The van der Waals surface area contributed by atoms with Crippen molar-refractivity contribution in [2.75, 3.05) is 5.32 Å². The fourth-order valence-corrected chi connectivity index (χ4v) is 4.45. The molecule has 2 aliphatic heterocycles. The number of fused-ring (bicyclic) bond motifs is 2. The van der Waals surface area contributed by atoms with Gasteiger partial charge in [-0.25, -0.2) is 9.67 Å². The largest absolute Gasteiger partial charge is 0.474 e. The lowest BCUT2D eigenvalue weighted by atomic mass is 10.0. The zero-order chi connectivity index (χ0) is 24.6. The summed E-state index contributed by atoms with van der Waals surface area (Å²) in [4.78, 5) is 31.7. The van der Waals surface area contributed by atoms with Gasteiger partial charge in [-0.05, 0) is 19.1 Å². The zero-order valence-corrected chi connectivity index (χ0v) is 19.5. The van der Waals surface area contributed by atoms with E-state index in [1.165, 1.54) is 12.5 Å². The van der Waals surface area contributed by atoms with Crippen LogP contribution in [-0.2, 0) is 11.3 Å². The number of rotatable bonds is 4. The van der Waals surface area contributed by atoms with Gasteiger partial charge >= 0.3 is 0 Å². The third kappa shape index (κ3) is 3.84. The predicted molar refractivity (Wildman–Crippen MR) is 133 cm³/mol. The highest BCUT2D eigenvalue weighted by atomic mass is 16.5. The molecule has 36 heavy (non-hydrogen) atoms. The van der Waals surface area contributed by atoms with Crippen LogP contribution < -0.4 is 15.4 Å². The van der Waals surface area contributed by atoms with E-state index in [2.05, 4.69) is 15.7 Å². The molecule has 2 aromatic carbocycles. The number of aromatic nitrogens is 2. The van der Waals surface area contributed by atoms with Crippen molar-refractivity contribution >= 4 is 23.2 Å². The van der Waals surface area contributed by atoms with Gasteiger partial charge in [0, 0.05) is 29.7 Å². The lowest BCUT2D eigenvalue weighted by Gasteiger charge is -2.22. The average molecular weight is 482 g/mol. The molecule has 0 bridgehead atoms. The standard InChI is InChI=1S/C27H23N5O4/c1-16-11-13-32-27(36-16)21(23(31-32)18-12-14-35-15-18)25(33)30-24-26(34)28-20-10-6-5-9-19(20)22(29-24)17-7-3-2-4-8-17/h2-10,12,14-16,24H,11,13H2,1H3,(H,28,34)(H,30,33)/t16-,24-/m1/s1. The van der Waals surface area contributed by atoms with Crippen molar-refractivity contribution in [3.63, 3.8) is 0 Å². The first kappa shape index (κ1) is 21.8. The summed E-state index contributed by atoms with van der Waals surface area (Å²) in [5, 5.41) is 10.3. The Labute approximate surface area is 206 Å². The predicted octanol–water partition coefficient (Wildman–Crippen LogP) is 3.86. The maximum Gasteiger partial charge on any atom is 0.269 e. The Balaban J connectivity index is 1.41. The number of para-hydroxylation sites is 1. The summed E-state index contributed by atoms with van der Waals surface area (Å²) in [7, 11) is 0. The first-order chi connectivity index (χ1) is 17.6. The van der Waals surface area contributed by atoms with Gasteiger partial charge in [-0.1, -0.05) is 48.5 Å². The van der Waals surface area contributed by atoms with Crippen molar-refractivity contribution < 1.29 is 18.7 Å². The molecule has 180 valence electrons. The smallest absolute Gasteiger partial charge is 0.269 e. The summed E-state index contributed by atoms with van der Waals surface area (Å²) in [5.74, 6) is -0.585. The fraction of sp³-hybridized carbons (Fsp3) is 0.185. The van der Waals surface area contributed by atoms with Crippen molar-refractivity contribution in [3.8, 4) is 17.1 Å². The van der Waals surface area contributed by atoms with Gasteiger partial charge in [0.05, 0.1) is 30.0 Å². The van der Waals surface area contributed by atoms with Crippen LogP contribution in [-0.4, -0.2) is 39.6 Å². The molecule has 0 aliphatic carbocycles. The maximum absolute atomic E-state index is 13.7. The number of carbonyl (C=O) groups excluding carboxylic acids is 2. The van der Waals surface area contributed by atoms with E-state index in [0.29, 0.717) is 35.1 Å². The third-order valence-corrected chi connectivity index (χ3v) is 6.25. The maximum atomic E-state index is 13.7. The number of hydrogen-bond donors (Lipinski definition) is 2. The van der Waals surface area contributed by atoms with E-state index in [9.17, 15) is 9.59 Å². The number of ether oxygens (including phenoxy) is 1. The molecule has 2 aliphatic rings. The number of aryl methyl sites for hydroxylation is 1. The Morgan fingerprint density at radius 3 is 2.69 bits per heavy atom. The topological polar surface area (TPSA) is 111 Å². The van der Waals surface area contributed by atoms with Gasteiger partial charge in [-0.2, -0.15) is 5.10 Å². The van der Waals surface area contributed by atoms with Crippen LogP contribution in [0.15, 0.2) is 82.6 Å². The number of anilines is 1. The summed E-state index contributed by atoms with van der Waals surface area (Å²) in [6.45, 7) is 2.56. The monoisotopic (exact) mass is 481 g/mol. The average Bonchev–Trinajstić information content (AvgIpc) is 3.52. The Kier molecular flexibility index (Phi) is 5.37. The van der Waals surface area contributed by atoms with Crippen LogP contribution in [0.2, 0.25) is 0 Å². The van der Waals surface area contributed by atoms with Gasteiger partial charge in [0.25, 0.3) is 11.8 Å². The van der Waals surface area contributed by atoms with E-state index in [-0.39, 0.29) is 11.7 Å². The Morgan fingerprint density at radius 2 is 1.89 bits per heavy atom. The van der Waals surface area contributed by atoms with Gasteiger partial charge in [0.15, 0.2) is 0 Å². The van der Waals surface area contributed by atoms with E-state index < -0.39 is 18.0 Å². The molecule has 0 spiro atoms. The number of nitrogens with one attached hydrogen (secondary N) is 2. The molecule has 2 aromatic heterocycles. The SMILES string of the molecule is C[C@@H]1CCn2nc(-c3ccoc3)c(C(=O)N[C@H]3N=C(c4ccccc4)c4ccccc4NC3=O)c2O1. The summed E-state index contributed by atoms with van der Waals surface area (Å²) < 4.78 is 12.9. The lowest BCUT2D eigenvalue weighted by molar-refractivity contribution is -0.117. The number of carbonyl (C=O) groups is 2. The van der Waals surface area contributed by atoms with Gasteiger partial charge in [-0.15, -0.1) is 0 Å². The van der Waals surface area contributed by atoms with E-state index in [1.54, 1.807) is 10.7 Å². The number of nitrogens with zero attached hydrogens (tertiary/aromatic N) is 3. The normalized spacial score (nSPS) is 18.7. The molecule has 0 radical (unpaired) electrons. The van der Waals surface area contributed by atoms with Crippen molar-refractivity contribution in [2.24, 2.45) is 4.99 Å². The van der Waals surface area contributed by atoms with Crippen LogP contribution in [0.4, 0.5) is 5.69 Å². The van der Waals surface area contributed by atoms with Crippen LogP contribution in [0, 0.1) is 0 Å². The van der Waals surface area contributed by atoms with Gasteiger partial charge in [-0.3, -0.25) is 9.59 Å². The minimum atomic E-state index is -1.17. The summed E-state index contributed by atoms with van der Waals surface area (Å²) >= 11 is 0. The van der Waals surface area contributed by atoms with Crippen molar-refractivity contribution in [3.05, 3.63) is 89.9 Å². The van der Waals surface area contributed by atoms with Gasteiger partial charge in [0.2, 0.25) is 12.0 Å². The summed E-state index contributed by atoms with van der Waals surface area (Å²) in [6.07, 6.45) is 2.57. The molecule has 4 heterocycles. The van der Waals surface area contributed by atoms with Crippen molar-refractivity contribution in [1.82, 2.24) is 15.1 Å². The van der Waals surface area contributed by atoms with E-state index >= 15 is 0 Å². The Bertz CT molecular complexity index is 1470. The number of benzodiazepines with no additional fused rings is 1. The second-order valence-corrected chi connectivity index (χ2v) is 8.74. The number of furan rings is 1. The zero-order valence-electron chi connectivity index (χ0n) is 19.5. The molecule has 6 rings (SSSR count). The van der Waals surface area contributed by atoms with Crippen LogP contribution in [0.3, 0.4) is 0 Å². The second-order valence-electron chi connectivity index (χ2n) is 8.74. The molecule has 2 atom stereocenters. The number of hydrogen-bond acceptors (Lipinski definition) is 6. The van der Waals surface area contributed by atoms with Gasteiger partial charge in [0.1, 0.15) is 11.3 Å². The van der Waals surface area contributed by atoms with Crippen molar-refractivity contribution in [1.29, 1.82) is 0 Å². The van der Waals surface area contributed by atoms with E-state index in [0.717, 1.165) is 17.5 Å². The second kappa shape index (κ2) is 8.84. The van der Waals surface area contributed by atoms with Crippen LogP contribution in [0.25, 0.3) is 11.3 Å².